The summed E-state index contributed by atoms with van der Waals surface area (Å²) in [4.78, 5) is 13.5. The van der Waals surface area contributed by atoms with Crippen molar-refractivity contribution in [2.24, 2.45) is 0 Å². The number of nitrogens with zero attached hydrogens (tertiary/aromatic N) is 4. The van der Waals surface area contributed by atoms with E-state index < -0.39 is 6.10 Å². The molecule has 0 bridgehead atoms. The van der Waals surface area contributed by atoms with Crippen LogP contribution >= 0.6 is 0 Å². The largest absolute Gasteiger partial charge is 0.390 e. The third kappa shape index (κ3) is 4.40. The van der Waals surface area contributed by atoms with Crippen LogP contribution < -0.4 is 10.2 Å². The summed E-state index contributed by atoms with van der Waals surface area (Å²) in [6, 6.07) is 19.1. The van der Waals surface area contributed by atoms with Crippen molar-refractivity contribution < 1.29 is 5.11 Å². The molecule has 31 heavy (non-hydrogen) atoms. The van der Waals surface area contributed by atoms with E-state index in [-0.39, 0.29) is 6.04 Å². The first-order valence-corrected chi connectivity index (χ1v) is 11.1. The number of benzene rings is 2. The highest BCUT2D eigenvalue weighted by molar-refractivity contribution is 5.59. The van der Waals surface area contributed by atoms with Crippen molar-refractivity contribution in [3.63, 3.8) is 0 Å². The van der Waals surface area contributed by atoms with Crippen molar-refractivity contribution >= 4 is 17.3 Å². The summed E-state index contributed by atoms with van der Waals surface area (Å²) in [6.45, 7) is 5.47. The van der Waals surface area contributed by atoms with Gasteiger partial charge in [0.1, 0.15) is 18.0 Å². The van der Waals surface area contributed by atoms with Gasteiger partial charge in [0, 0.05) is 44.0 Å². The molecule has 1 fully saturated rings. The number of anilines is 3. The molecule has 0 unspecified atom stereocenters. The lowest BCUT2D eigenvalue weighted by Gasteiger charge is -2.43. The van der Waals surface area contributed by atoms with Crippen LogP contribution in [0, 0.1) is 6.92 Å². The maximum Gasteiger partial charge on any atom is 0.135 e. The van der Waals surface area contributed by atoms with Gasteiger partial charge < -0.3 is 15.3 Å². The van der Waals surface area contributed by atoms with Gasteiger partial charge in [0.25, 0.3) is 0 Å². The molecule has 0 radical (unpaired) electrons. The first-order valence-electron chi connectivity index (χ1n) is 11.1. The minimum absolute atomic E-state index is 0.191. The smallest absolute Gasteiger partial charge is 0.135 e. The van der Waals surface area contributed by atoms with Crippen LogP contribution in [0.25, 0.3) is 0 Å². The average molecular weight is 416 g/mol. The van der Waals surface area contributed by atoms with Crippen LogP contribution in [0.1, 0.15) is 23.1 Å². The Hall–Kier alpha value is -2.96. The van der Waals surface area contributed by atoms with Gasteiger partial charge >= 0.3 is 0 Å². The molecule has 2 N–H and O–H groups in total. The Kier molecular flexibility index (Phi) is 5.57. The average Bonchev–Trinajstić information content (AvgIpc) is 2.80. The molecular formula is C25H29N5O. The zero-order valence-corrected chi connectivity index (χ0v) is 17.9. The summed E-state index contributed by atoms with van der Waals surface area (Å²) in [5.74, 6) is 1.62. The van der Waals surface area contributed by atoms with Crippen LogP contribution in [0.2, 0.25) is 0 Å². The summed E-state index contributed by atoms with van der Waals surface area (Å²) in [6.07, 6.45) is 3.17. The van der Waals surface area contributed by atoms with E-state index in [0.717, 1.165) is 49.8 Å². The Bertz CT molecular complexity index is 1040. The standard InChI is InChI=1S/C25H29N5O/c1-18-6-8-21(9-7-18)28-24-14-25(27-17-26-24)30-13-11-22(23(31)16-30)29-12-10-19-4-2-3-5-20(19)15-29/h2-9,14,17,22-23,31H,10-13,15-16H2,1H3,(H,26,27,28)/t22-,23-/m1/s1. The fraction of sp³-hybridized carbons (Fsp3) is 0.360. The van der Waals surface area contributed by atoms with Gasteiger partial charge in [0.2, 0.25) is 0 Å². The number of fused-ring (bicyclic) bond motifs is 1. The van der Waals surface area contributed by atoms with Crippen molar-refractivity contribution in [2.75, 3.05) is 29.9 Å². The third-order valence-corrected chi connectivity index (χ3v) is 6.48. The molecule has 2 atom stereocenters. The second-order valence-electron chi connectivity index (χ2n) is 8.61. The number of nitrogens with one attached hydrogen (secondary N) is 1. The summed E-state index contributed by atoms with van der Waals surface area (Å²) >= 11 is 0. The molecule has 1 aromatic heterocycles. The van der Waals surface area contributed by atoms with Crippen LogP contribution in [0.5, 0.6) is 0 Å². The van der Waals surface area contributed by atoms with Gasteiger partial charge in [0.15, 0.2) is 0 Å². The van der Waals surface area contributed by atoms with Gasteiger partial charge in [-0.25, -0.2) is 9.97 Å². The van der Waals surface area contributed by atoms with Gasteiger partial charge in [-0.3, -0.25) is 4.90 Å². The maximum atomic E-state index is 11.0. The van der Waals surface area contributed by atoms with Crippen molar-refractivity contribution in [2.45, 2.75) is 38.5 Å². The molecule has 0 amide bonds. The predicted octanol–water partition coefficient (Wildman–Crippen LogP) is 3.53. The molecule has 0 spiro atoms. The van der Waals surface area contributed by atoms with Crippen LogP contribution in [0.4, 0.5) is 17.3 Å². The minimum Gasteiger partial charge on any atom is -0.390 e. The second-order valence-corrected chi connectivity index (χ2v) is 8.61. The van der Waals surface area contributed by atoms with E-state index in [1.54, 1.807) is 6.33 Å². The Morgan fingerprint density at radius 2 is 1.81 bits per heavy atom. The summed E-state index contributed by atoms with van der Waals surface area (Å²) in [5.41, 5.74) is 5.06. The molecule has 0 aliphatic carbocycles. The Morgan fingerprint density at radius 3 is 2.61 bits per heavy atom. The SMILES string of the molecule is Cc1ccc(Nc2cc(N3CC[C@@H](N4CCc5ccccc5C4)[C@H](O)C3)ncn2)cc1. The summed E-state index contributed by atoms with van der Waals surface area (Å²) < 4.78 is 0. The number of rotatable bonds is 4. The van der Waals surface area contributed by atoms with Crippen LogP contribution in [-0.2, 0) is 13.0 Å². The van der Waals surface area contributed by atoms with Crippen LogP contribution in [0.3, 0.4) is 0 Å². The number of aliphatic hydroxyl groups excluding tert-OH is 1. The number of piperidine rings is 1. The van der Waals surface area contributed by atoms with Crippen LogP contribution in [-0.4, -0.2) is 51.8 Å². The van der Waals surface area contributed by atoms with Gasteiger partial charge in [-0.15, -0.1) is 0 Å². The zero-order chi connectivity index (χ0) is 21.2. The van der Waals surface area contributed by atoms with E-state index in [1.807, 2.05) is 18.2 Å². The molecule has 160 valence electrons. The van der Waals surface area contributed by atoms with Crippen molar-refractivity contribution in [3.05, 3.63) is 77.6 Å². The highest BCUT2D eigenvalue weighted by Crippen LogP contribution is 2.27. The molecule has 2 aliphatic rings. The monoisotopic (exact) mass is 415 g/mol. The van der Waals surface area contributed by atoms with Gasteiger partial charge in [-0.2, -0.15) is 0 Å². The molecule has 6 heteroatoms. The highest BCUT2D eigenvalue weighted by Gasteiger charge is 2.34. The number of aryl methyl sites for hydroxylation is 1. The van der Waals surface area contributed by atoms with Crippen molar-refractivity contribution in [1.82, 2.24) is 14.9 Å². The number of hydrogen-bond acceptors (Lipinski definition) is 6. The van der Waals surface area contributed by atoms with E-state index in [1.165, 1.54) is 16.7 Å². The van der Waals surface area contributed by atoms with E-state index in [4.69, 9.17) is 0 Å². The molecule has 1 saturated heterocycles. The van der Waals surface area contributed by atoms with Crippen LogP contribution in [0.15, 0.2) is 60.9 Å². The lowest BCUT2D eigenvalue weighted by Crippen LogP contribution is -2.55. The number of aromatic nitrogens is 2. The number of β-amino-alcohol motifs (C(OH)–C–C–N with tert-alkyl or cyclic N) is 1. The molecular weight excluding hydrogens is 386 g/mol. The zero-order valence-electron chi connectivity index (χ0n) is 17.9. The Labute approximate surface area is 183 Å². The first-order chi connectivity index (χ1) is 15.2. The van der Waals surface area contributed by atoms with E-state index in [2.05, 4.69) is 68.4 Å². The second kappa shape index (κ2) is 8.65. The van der Waals surface area contributed by atoms with E-state index in [9.17, 15) is 5.11 Å². The van der Waals surface area contributed by atoms with Crippen molar-refractivity contribution in [1.29, 1.82) is 0 Å². The normalized spacial score (nSPS) is 21.5. The van der Waals surface area contributed by atoms with E-state index >= 15 is 0 Å². The quantitative estimate of drug-likeness (QED) is 0.680. The fourth-order valence-corrected chi connectivity index (χ4v) is 4.73. The third-order valence-electron chi connectivity index (χ3n) is 6.48. The topological polar surface area (TPSA) is 64.5 Å². The first kappa shape index (κ1) is 20.0. The Morgan fingerprint density at radius 1 is 1.00 bits per heavy atom. The molecule has 5 rings (SSSR count). The summed E-state index contributed by atoms with van der Waals surface area (Å²) in [5, 5.41) is 14.3. The van der Waals surface area contributed by atoms with E-state index in [0.29, 0.717) is 6.54 Å². The highest BCUT2D eigenvalue weighted by atomic mass is 16.3. The van der Waals surface area contributed by atoms with Gasteiger partial charge in [-0.05, 0) is 43.0 Å². The summed E-state index contributed by atoms with van der Waals surface area (Å²) in [7, 11) is 0. The molecule has 6 nitrogen and oxygen atoms in total. The molecule has 0 saturated carbocycles. The fourth-order valence-electron chi connectivity index (χ4n) is 4.73. The minimum atomic E-state index is -0.400. The lowest BCUT2D eigenvalue weighted by atomic mass is 9.94. The molecule has 3 aromatic rings. The maximum absolute atomic E-state index is 11.0. The predicted molar refractivity (Wildman–Crippen MR) is 124 cm³/mol. The number of hydrogen-bond donors (Lipinski definition) is 2. The number of aliphatic hydroxyl groups is 1. The lowest BCUT2D eigenvalue weighted by molar-refractivity contribution is 0.0293. The van der Waals surface area contributed by atoms with Gasteiger partial charge in [0.05, 0.1) is 6.10 Å². The molecule has 2 aliphatic heterocycles. The molecule has 2 aromatic carbocycles. The Balaban J connectivity index is 1.24. The molecule has 3 heterocycles. The van der Waals surface area contributed by atoms with Gasteiger partial charge in [-0.1, -0.05) is 42.0 Å². The van der Waals surface area contributed by atoms with Crippen molar-refractivity contribution in [3.8, 4) is 0 Å².